The monoisotopic (exact) mass is 365 g/mol. The molecule has 0 bridgehead atoms. The molecule has 1 aliphatic carbocycles. The highest BCUT2D eigenvalue weighted by Crippen LogP contribution is 2.40. The molecule has 1 aromatic heterocycles. The van der Waals surface area contributed by atoms with Crippen molar-refractivity contribution in [3.05, 3.63) is 63.6 Å². The Morgan fingerprint density at radius 1 is 1.11 bits per heavy atom. The highest BCUT2D eigenvalue weighted by atomic mass is 16.2. The number of hydrogen-bond donors (Lipinski definition) is 2. The van der Waals surface area contributed by atoms with Crippen LogP contribution in [0.2, 0.25) is 0 Å². The highest BCUT2D eigenvalue weighted by molar-refractivity contribution is 6.05. The van der Waals surface area contributed by atoms with E-state index in [0.29, 0.717) is 30.6 Å². The fraction of sp³-hybridized carbons (Fsp3) is 0.381. The minimum atomic E-state index is -0.850. The Kier molecular flexibility index (Phi) is 4.34. The van der Waals surface area contributed by atoms with Crippen molar-refractivity contribution in [1.29, 1.82) is 0 Å². The summed E-state index contributed by atoms with van der Waals surface area (Å²) in [5.41, 5.74) is 2.26. The van der Waals surface area contributed by atoms with Crippen LogP contribution in [0.15, 0.2) is 41.3 Å². The Bertz CT molecular complexity index is 937. The largest absolute Gasteiger partial charge is 0.327 e. The average Bonchev–Trinajstić information content (AvgIpc) is 3.03. The smallest absolute Gasteiger partial charge is 0.255 e. The predicted molar refractivity (Wildman–Crippen MR) is 103 cm³/mol. The zero-order valence-electron chi connectivity index (χ0n) is 15.4. The standard InChI is InChI=1S/C21H23N3O3/c1-14-6-5-7-16-17(14)13-24(19(16)26)21(10-3-2-4-11-21)20(27)23-15-8-9-18(25)22-12-15/h5-9,12H,2-4,10-11,13H2,1H3,(H,22,25)(H,23,27). The van der Waals surface area contributed by atoms with Gasteiger partial charge in [-0.05, 0) is 43.0 Å². The molecule has 0 atom stereocenters. The van der Waals surface area contributed by atoms with Crippen molar-refractivity contribution in [2.24, 2.45) is 0 Å². The molecule has 4 rings (SSSR count). The molecule has 6 nitrogen and oxygen atoms in total. The number of carbonyl (C=O) groups excluding carboxylic acids is 2. The number of hydrogen-bond acceptors (Lipinski definition) is 3. The van der Waals surface area contributed by atoms with Crippen molar-refractivity contribution in [1.82, 2.24) is 9.88 Å². The van der Waals surface area contributed by atoms with Gasteiger partial charge in [0, 0.05) is 24.4 Å². The average molecular weight is 365 g/mol. The van der Waals surface area contributed by atoms with E-state index in [0.717, 1.165) is 30.4 Å². The minimum absolute atomic E-state index is 0.0628. The highest BCUT2D eigenvalue weighted by Gasteiger charge is 2.49. The van der Waals surface area contributed by atoms with Crippen molar-refractivity contribution >= 4 is 17.5 Å². The van der Waals surface area contributed by atoms with E-state index < -0.39 is 5.54 Å². The molecule has 1 aromatic carbocycles. The number of amides is 2. The van der Waals surface area contributed by atoms with Crippen LogP contribution in [0.5, 0.6) is 0 Å². The maximum Gasteiger partial charge on any atom is 0.255 e. The van der Waals surface area contributed by atoms with Crippen LogP contribution in [0.3, 0.4) is 0 Å². The van der Waals surface area contributed by atoms with Crippen LogP contribution in [0, 0.1) is 6.92 Å². The van der Waals surface area contributed by atoms with E-state index in [1.165, 1.54) is 12.3 Å². The molecule has 2 heterocycles. The van der Waals surface area contributed by atoms with Gasteiger partial charge in [-0.3, -0.25) is 14.4 Å². The molecule has 0 saturated heterocycles. The van der Waals surface area contributed by atoms with Crippen LogP contribution >= 0.6 is 0 Å². The Hall–Kier alpha value is -2.89. The van der Waals surface area contributed by atoms with Crippen molar-refractivity contribution in [3.8, 4) is 0 Å². The van der Waals surface area contributed by atoms with Gasteiger partial charge in [-0.1, -0.05) is 31.4 Å². The molecular weight excluding hydrogens is 342 g/mol. The second-order valence-corrected chi connectivity index (χ2v) is 7.48. The number of nitrogens with zero attached hydrogens (tertiary/aromatic N) is 1. The summed E-state index contributed by atoms with van der Waals surface area (Å²) in [5, 5.41) is 2.92. The van der Waals surface area contributed by atoms with Gasteiger partial charge in [0.1, 0.15) is 5.54 Å². The van der Waals surface area contributed by atoms with Crippen LogP contribution in [-0.4, -0.2) is 27.2 Å². The van der Waals surface area contributed by atoms with E-state index in [2.05, 4.69) is 10.3 Å². The Labute approximate surface area is 157 Å². The molecule has 2 amide bonds. The van der Waals surface area contributed by atoms with Gasteiger partial charge in [0.25, 0.3) is 5.91 Å². The fourth-order valence-electron chi connectivity index (χ4n) is 4.33. The molecular formula is C21H23N3O3. The first kappa shape index (κ1) is 17.5. The summed E-state index contributed by atoms with van der Waals surface area (Å²) in [6.45, 7) is 2.48. The van der Waals surface area contributed by atoms with Gasteiger partial charge in [-0.15, -0.1) is 0 Å². The van der Waals surface area contributed by atoms with Crippen LogP contribution in [-0.2, 0) is 11.3 Å². The number of aromatic nitrogens is 1. The molecule has 1 saturated carbocycles. The predicted octanol–water partition coefficient (Wildman–Crippen LogP) is 2.98. The van der Waals surface area contributed by atoms with E-state index in [9.17, 15) is 14.4 Å². The second-order valence-electron chi connectivity index (χ2n) is 7.48. The zero-order chi connectivity index (χ0) is 19.0. The number of anilines is 1. The number of H-pyrrole nitrogens is 1. The molecule has 27 heavy (non-hydrogen) atoms. The molecule has 0 unspecified atom stereocenters. The van der Waals surface area contributed by atoms with Gasteiger partial charge in [-0.2, -0.15) is 0 Å². The number of fused-ring (bicyclic) bond motifs is 1. The molecule has 2 N–H and O–H groups in total. The summed E-state index contributed by atoms with van der Waals surface area (Å²) in [6.07, 6.45) is 5.70. The third-order valence-electron chi connectivity index (χ3n) is 5.86. The van der Waals surface area contributed by atoms with Gasteiger partial charge in [0.05, 0.1) is 5.69 Å². The van der Waals surface area contributed by atoms with E-state index in [4.69, 9.17) is 0 Å². The van der Waals surface area contributed by atoms with Gasteiger partial charge < -0.3 is 15.2 Å². The van der Waals surface area contributed by atoms with Crippen molar-refractivity contribution in [3.63, 3.8) is 0 Å². The molecule has 140 valence electrons. The number of pyridine rings is 1. The van der Waals surface area contributed by atoms with E-state index in [1.807, 2.05) is 25.1 Å². The van der Waals surface area contributed by atoms with Gasteiger partial charge in [0.2, 0.25) is 11.5 Å². The number of aryl methyl sites for hydroxylation is 1. The molecule has 1 aliphatic heterocycles. The quantitative estimate of drug-likeness (QED) is 0.877. The van der Waals surface area contributed by atoms with Crippen molar-refractivity contribution < 1.29 is 9.59 Å². The first-order valence-electron chi connectivity index (χ1n) is 9.42. The Morgan fingerprint density at radius 3 is 2.56 bits per heavy atom. The summed E-state index contributed by atoms with van der Waals surface area (Å²) in [7, 11) is 0. The lowest BCUT2D eigenvalue weighted by Gasteiger charge is -2.43. The lowest BCUT2D eigenvalue weighted by Crippen LogP contribution is -2.58. The van der Waals surface area contributed by atoms with Gasteiger partial charge in [-0.25, -0.2) is 0 Å². The van der Waals surface area contributed by atoms with E-state index in [-0.39, 0.29) is 17.4 Å². The van der Waals surface area contributed by atoms with Crippen LogP contribution < -0.4 is 10.9 Å². The molecule has 0 spiro atoms. The molecule has 2 aromatic rings. The summed E-state index contributed by atoms with van der Waals surface area (Å²) < 4.78 is 0. The molecule has 2 aliphatic rings. The third-order valence-corrected chi connectivity index (χ3v) is 5.86. The van der Waals surface area contributed by atoms with Crippen LogP contribution in [0.1, 0.15) is 53.6 Å². The summed E-state index contributed by atoms with van der Waals surface area (Å²) in [4.78, 5) is 42.1. The van der Waals surface area contributed by atoms with Crippen molar-refractivity contribution in [2.45, 2.75) is 51.1 Å². The maximum atomic E-state index is 13.3. The van der Waals surface area contributed by atoms with E-state index >= 15 is 0 Å². The lowest BCUT2D eigenvalue weighted by atomic mass is 9.79. The molecule has 0 radical (unpaired) electrons. The fourth-order valence-corrected chi connectivity index (χ4v) is 4.33. The number of benzene rings is 1. The van der Waals surface area contributed by atoms with Crippen molar-refractivity contribution in [2.75, 3.05) is 5.32 Å². The third kappa shape index (κ3) is 2.95. The summed E-state index contributed by atoms with van der Waals surface area (Å²) in [5.74, 6) is -0.236. The Balaban J connectivity index is 1.68. The molecule has 6 heteroatoms. The minimum Gasteiger partial charge on any atom is -0.327 e. The van der Waals surface area contributed by atoms with Gasteiger partial charge in [0.15, 0.2) is 0 Å². The zero-order valence-corrected chi connectivity index (χ0v) is 15.4. The second kappa shape index (κ2) is 6.68. The summed E-state index contributed by atoms with van der Waals surface area (Å²) in [6, 6.07) is 8.70. The van der Waals surface area contributed by atoms with E-state index in [1.54, 1.807) is 11.0 Å². The first-order valence-corrected chi connectivity index (χ1v) is 9.42. The lowest BCUT2D eigenvalue weighted by molar-refractivity contribution is -0.129. The van der Waals surface area contributed by atoms with Gasteiger partial charge >= 0.3 is 0 Å². The van der Waals surface area contributed by atoms with Crippen LogP contribution in [0.4, 0.5) is 5.69 Å². The number of aromatic amines is 1. The van der Waals surface area contributed by atoms with Crippen LogP contribution in [0.25, 0.3) is 0 Å². The Morgan fingerprint density at radius 2 is 1.89 bits per heavy atom. The SMILES string of the molecule is Cc1cccc2c1CN(C1(C(=O)Nc3ccc(=O)[nH]c3)CCCCC1)C2=O. The first-order chi connectivity index (χ1) is 13.0. The maximum absolute atomic E-state index is 13.3. The summed E-state index contributed by atoms with van der Waals surface area (Å²) >= 11 is 0. The number of nitrogens with one attached hydrogen (secondary N) is 2. The molecule has 1 fully saturated rings. The number of carbonyl (C=O) groups is 2. The normalized spacial score (nSPS) is 18.3. The number of rotatable bonds is 3. The topological polar surface area (TPSA) is 82.3 Å².